The first-order chi connectivity index (χ1) is 17.7. The summed E-state index contributed by atoms with van der Waals surface area (Å²) in [6.07, 6.45) is 0. The number of aliphatic hydroxyl groups excluding tert-OH is 1. The monoisotopic (exact) mass is 495 g/mol. The number of aliphatic hydroxyl groups is 1. The van der Waals surface area contributed by atoms with Crippen molar-refractivity contribution in [1.82, 2.24) is 0 Å². The number of hydrogen-bond donors (Lipinski definition) is 1. The molecule has 1 aliphatic heterocycles. The lowest BCUT2D eigenvalue weighted by Crippen LogP contribution is -2.31. The van der Waals surface area contributed by atoms with Crippen molar-refractivity contribution in [3.63, 3.8) is 0 Å². The molecule has 0 saturated heterocycles. The van der Waals surface area contributed by atoms with Gasteiger partial charge in [-0.15, -0.1) is 0 Å². The van der Waals surface area contributed by atoms with Gasteiger partial charge in [0.1, 0.15) is 11.3 Å². The smallest absolute Gasteiger partial charge is 0.294 e. The molecule has 0 spiro atoms. The third kappa shape index (κ3) is 4.40. The molecule has 1 N–H and O–H groups in total. The van der Waals surface area contributed by atoms with Crippen LogP contribution in [-0.4, -0.2) is 23.4 Å². The average molecular weight is 496 g/mol. The fourth-order valence-electron chi connectivity index (χ4n) is 4.70. The maximum atomic E-state index is 13.8. The first-order valence-corrected chi connectivity index (χ1v) is 12.3. The Morgan fingerprint density at radius 1 is 1.00 bits per heavy atom. The highest BCUT2D eigenvalue weighted by molar-refractivity contribution is 6.20. The average Bonchev–Trinajstić information content (AvgIpc) is 3.43. The van der Waals surface area contributed by atoms with Crippen molar-refractivity contribution in [3.05, 3.63) is 107 Å². The molecule has 6 heteroatoms. The number of rotatable bonds is 6. The summed E-state index contributed by atoms with van der Waals surface area (Å²) in [7, 11) is 0. The molecule has 1 unspecified atom stereocenters. The number of ketones is 1. The highest BCUT2D eigenvalue weighted by Crippen LogP contribution is 2.43. The standard InChI is InChI=1S/C31H29NO5/c1-5-36-23-11-8-10-22(18-23)32-27(19-13-15-21(16-14-19)31(2,3)4)26(29(34)30(32)35)28(33)25-17-20-9-6-7-12-24(20)37-25/h6-18,27,34H,5H2,1-4H3. The summed E-state index contributed by atoms with van der Waals surface area (Å²) in [5, 5.41) is 11.8. The molecule has 1 aromatic heterocycles. The van der Waals surface area contributed by atoms with E-state index in [0.29, 0.717) is 29.2 Å². The largest absolute Gasteiger partial charge is 0.503 e. The lowest BCUT2D eigenvalue weighted by Gasteiger charge is -2.28. The Morgan fingerprint density at radius 3 is 2.41 bits per heavy atom. The Bertz CT molecular complexity index is 1490. The summed E-state index contributed by atoms with van der Waals surface area (Å²) in [6.45, 7) is 8.71. The molecule has 188 valence electrons. The maximum absolute atomic E-state index is 13.8. The second-order valence-electron chi connectivity index (χ2n) is 10.1. The van der Waals surface area contributed by atoms with Gasteiger partial charge in [-0.25, -0.2) is 0 Å². The third-order valence-corrected chi connectivity index (χ3v) is 6.60. The van der Waals surface area contributed by atoms with E-state index < -0.39 is 23.5 Å². The molecule has 0 aliphatic carbocycles. The van der Waals surface area contributed by atoms with Crippen molar-refractivity contribution in [2.24, 2.45) is 0 Å². The number of Topliss-reactive ketones (excluding diaryl/α,β-unsaturated/α-hetero) is 1. The molecular weight excluding hydrogens is 466 g/mol. The molecule has 1 aliphatic rings. The van der Waals surface area contributed by atoms with Crippen molar-refractivity contribution in [1.29, 1.82) is 0 Å². The van der Waals surface area contributed by atoms with E-state index in [1.165, 1.54) is 4.90 Å². The number of amides is 1. The van der Waals surface area contributed by atoms with Gasteiger partial charge in [-0.3, -0.25) is 14.5 Å². The zero-order valence-corrected chi connectivity index (χ0v) is 21.3. The van der Waals surface area contributed by atoms with E-state index in [2.05, 4.69) is 20.8 Å². The van der Waals surface area contributed by atoms with Crippen LogP contribution in [0.5, 0.6) is 5.75 Å². The quantitative estimate of drug-likeness (QED) is 0.294. The second kappa shape index (κ2) is 9.28. The highest BCUT2D eigenvalue weighted by atomic mass is 16.5. The predicted molar refractivity (Wildman–Crippen MR) is 143 cm³/mol. The summed E-state index contributed by atoms with van der Waals surface area (Å²) < 4.78 is 11.5. The van der Waals surface area contributed by atoms with Crippen molar-refractivity contribution in [3.8, 4) is 5.75 Å². The normalized spacial score (nSPS) is 16.1. The number of nitrogens with zero attached hydrogens (tertiary/aromatic N) is 1. The Kier molecular flexibility index (Phi) is 6.12. The number of fused-ring (bicyclic) bond motifs is 1. The number of ether oxygens (including phenoxy) is 1. The lowest BCUT2D eigenvalue weighted by molar-refractivity contribution is -0.117. The number of anilines is 1. The molecule has 0 radical (unpaired) electrons. The summed E-state index contributed by atoms with van der Waals surface area (Å²) in [5.41, 5.74) is 2.80. The lowest BCUT2D eigenvalue weighted by atomic mass is 9.85. The minimum atomic E-state index is -0.848. The molecule has 0 saturated carbocycles. The topological polar surface area (TPSA) is 80.0 Å². The van der Waals surface area contributed by atoms with Crippen molar-refractivity contribution in [2.45, 2.75) is 39.2 Å². The number of furan rings is 1. The molecular formula is C31H29NO5. The second-order valence-corrected chi connectivity index (χ2v) is 10.1. The van der Waals surface area contributed by atoms with Crippen LogP contribution in [0.25, 0.3) is 11.0 Å². The van der Waals surface area contributed by atoms with Gasteiger partial charge < -0.3 is 14.3 Å². The summed E-state index contributed by atoms with van der Waals surface area (Å²) in [4.78, 5) is 28.8. The van der Waals surface area contributed by atoms with Crippen molar-refractivity contribution >= 4 is 28.3 Å². The Morgan fingerprint density at radius 2 is 1.73 bits per heavy atom. The minimum Gasteiger partial charge on any atom is -0.503 e. The fraction of sp³-hybridized carbons (Fsp3) is 0.226. The predicted octanol–water partition coefficient (Wildman–Crippen LogP) is 6.91. The molecule has 5 rings (SSSR count). The molecule has 0 fully saturated rings. The zero-order chi connectivity index (χ0) is 26.3. The minimum absolute atomic E-state index is 0.0191. The Labute approximate surface area is 215 Å². The van der Waals surface area contributed by atoms with Crippen LogP contribution in [-0.2, 0) is 10.2 Å². The Balaban J connectivity index is 1.64. The van der Waals surface area contributed by atoms with Gasteiger partial charge in [0.05, 0.1) is 18.2 Å². The van der Waals surface area contributed by atoms with Gasteiger partial charge in [-0.05, 0) is 47.7 Å². The molecule has 2 heterocycles. The number of carbonyl (C=O) groups excluding carboxylic acids is 2. The first kappa shape index (κ1) is 24.4. The number of hydrogen-bond acceptors (Lipinski definition) is 5. The van der Waals surface area contributed by atoms with Gasteiger partial charge in [0, 0.05) is 17.1 Å². The fourth-order valence-corrected chi connectivity index (χ4v) is 4.70. The van der Waals surface area contributed by atoms with E-state index in [-0.39, 0.29) is 16.7 Å². The van der Waals surface area contributed by atoms with Crippen LogP contribution in [0, 0.1) is 0 Å². The van der Waals surface area contributed by atoms with Crippen LogP contribution in [0.1, 0.15) is 55.4 Å². The summed E-state index contributed by atoms with van der Waals surface area (Å²) >= 11 is 0. The molecule has 3 aromatic carbocycles. The first-order valence-electron chi connectivity index (χ1n) is 12.3. The maximum Gasteiger partial charge on any atom is 0.294 e. The van der Waals surface area contributed by atoms with Crippen LogP contribution in [0.15, 0.2) is 94.6 Å². The number of carbonyl (C=O) groups is 2. The van der Waals surface area contributed by atoms with E-state index in [0.717, 1.165) is 10.9 Å². The molecule has 4 aromatic rings. The van der Waals surface area contributed by atoms with Gasteiger partial charge in [-0.2, -0.15) is 0 Å². The molecule has 37 heavy (non-hydrogen) atoms. The Hall–Kier alpha value is -4.32. The van der Waals surface area contributed by atoms with Gasteiger partial charge in [0.25, 0.3) is 5.91 Å². The van der Waals surface area contributed by atoms with Crippen LogP contribution >= 0.6 is 0 Å². The van der Waals surface area contributed by atoms with Gasteiger partial charge >= 0.3 is 0 Å². The van der Waals surface area contributed by atoms with Crippen LogP contribution in [0.2, 0.25) is 0 Å². The van der Waals surface area contributed by atoms with E-state index >= 15 is 0 Å². The van der Waals surface area contributed by atoms with Crippen LogP contribution < -0.4 is 9.64 Å². The molecule has 1 atom stereocenters. The number of benzene rings is 3. The molecule has 0 bridgehead atoms. The zero-order valence-electron chi connectivity index (χ0n) is 21.3. The van der Waals surface area contributed by atoms with Crippen LogP contribution in [0.3, 0.4) is 0 Å². The van der Waals surface area contributed by atoms with Gasteiger partial charge in [-0.1, -0.05) is 69.3 Å². The molecule has 1 amide bonds. The van der Waals surface area contributed by atoms with Crippen LogP contribution in [0.4, 0.5) is 5.69 Å². The van der Waals surface area contributed by atoms with E-state index in [1.807, 2.05) is 49.4 Å². The highest BCUT2D eigenvalue weighted by Gasteiger charge is 2.45. The third-order valence-electron chi connectivity index (χ3n) is 6.60. The summed E-state index contributed by atoms with van der Waals surface area (Å²) in [5.74, 6) is -1.12. The molecule has 6 nitrogen and oxygen atoms in total. The van der Waals surface area contributed by atoms with Gasteiger partial charge in [0.2, 0.25) is 5.78 Å². The van der Waals surface area contributed by atoms with Gasteiger partial charge in [0.15, 0.2) is 11.5 Å². The van der Waals surface area contributed by atoms with E-state index in [1.54, 1.807) is 36.4 Å². The van der Waals surface area contributed by atoms with Crippen molar-refractivity contribution in [2.75, 3.05) is 11.5 Å². The number of para-hydroxylation sites is 1. The van der Waals surface area contributed by atoms with E-state index in [9.17, 15) is 14.7 Å². The SMILES string of the molecule is CCOc1cccc(N2C(=O)C(O)=C(C(=O)c3cc4ccccc4o3)C2c2ccc(C(C)(C)C)cc2)c1. The summed E-state index contributed by atoms with van der Waals surface area (Å²) in [6, 6.07) is 23.0. The van der Waals surface area contributed by atoms with Crippen molar-refractivity contribution < 1.29 is 23.8 Å². The van der Waals surface area contributed by atoms with E-state index in [4.69, 9.17) is 9.15 Å².